The van der Waals surface area contributed by atoms with E-state index in [2.05, 4.69) is 21.4 Å². The van der Waals surface area contributed by atoms with Gasteiger partial charge in [-0.25, -0.2) is 0 Å². The van der Waals surface area contributed by atoms with Gasteiger partial charge in [0.15, 0.2) is 0 Å². The highest BCUT2D eigenvalue weighted by atomic mass is 35.5. The van der Waals surface area contributed by atoms with E-state index in [0.29, 0.717) is 16.3 Å². The van der Waals surface area contributed by atoms with E-state index >= 15 is 0 Å². The van der Waals surface area contributed by atoms with Crippen molar-refractivity contribution in [1.29, 1.82) is 5.26 Å². The summed E-state index contributed by atoms with van der Waals surface area (Å²) < 4.78 is 5.53. The van der Waals surface area contributed by atoms with Crippen LogP contribution in [0, 0.1) is 11.3 Å². The standard InChI is InChI=1S/C32H21ClN4O2/c1-39-31-13-12-23(22-4-2-3-5-24(22)31)26-17-29(37-32(38)27(26)18-34)19-6-9-21(10-7-19)36-28-14-15-35-30-16-20(33)8-11-25(28)30/h2-17H,1H3,(H,35,36)(H,37,38). The number of H-pyrrole nitrogens is 1. The number of fused-ring (bicyclic) bond motifs is 2. The quantitative estimate of drug-likeness (QED) is 0.239. The van der Waals surface area contributed by atoms with Gasteiger partial charge in [0, 0.05) is 44.6 Å². The molecule has 39 heavy (non-hydrogen) atoms. The van der Waals surface area contributed by atoms with Crippen LogP contribution in [0.2, 0.25) is 5.02 Å². The van der Waals surface area contributed by atoms with E-state index in [1.54, 1.807) is 13.3 Å². The number of benzene rings is 4. The number of nitrogens with zero attached hydrogens (tertiary/aromatic N) is 2. The zero-order valence-corrected chi connectivity index (χ0v) is 21.6. The van der Waals surface area contributed by atoms with Gasteiger partial charge in [0.05, 0.1) is 12.6 Å². The number of methoxy groups -OCH3 is 1. The molecule has 0 saturated heterocycles. The summed E-state index contributed by atoms with van der Waals surface area (Å²) in [6.45, 7) is 0. The van der Waals surface area contributed by atoms with Crippen LogP contribution >= 0.6 is 11.6 Å². The fourth-order valence-electron chi connectivity index (χ4n) is 4.84. The molecule has 6 aromatic rings. The largest absolute Gasteiger partial charge is 0.496 e. The fourth-order valence-corrected chi connectivity index (χ4v) is 5.01. The van der Waals surface area contributed by atoms with E-state index in [4.69, 9.17) is 16.3 Å². The molecule has 0 fully saturated rings. The summed E-state index contributed by atoms with van der Waals surface area (Å²) >= 11 is 6.12. The van der Waals surface area contributed by atoms with Gasteiger partial charge in [-0.3, -0.25) is 9.78 Å². The van der Waals surface area contributed by atoms with Gasteiger partial charge in [-0.2, -0.15) is 5.26 Å². The first-order valence-electron chi connectivity index (χ1n) is 12.2. The molecule has 6 nitrogen and oxygen atoms in total. The van der Waals surface area contributed by atoms with Gasteiger partial charge in [-0.05, 0) is 65.0 Å². The molecule has 0 saturated carbocycles. The second-order valence-corrected chi connectivity index (χ2v) is 9.43. The average Bonchev–Trinajstić information content (AvgIpc) is 2.96. The van der Waals surface area contributed by atoms with Crippen molar-refractivity contribution in [3.8, 4) is 34.2 Å². The Hall–Kier alpha value is -5.12. The zero-order valence-electron chi connectivity index (χ0n) is 20.8. The van der Waals surface area contributed by atoms with E-state index < -0.39 is 5.56 Å². The van der Waals surface area contributed by atoms with E-state index in [-0.39, 0.29) is 5.56 Å². The molecule has 0 radical (unpaired) electrons. The third-order valence-corrected chi connectivity index (χ3v) is 6.95. The molecule has 0 aliphatic rings. The molecule has 0 aliphatic carbocycles. The maximum Gasteiger partial charge on any atom is 0.266 e. The highest BCUT2D eigenvalue weighted by Crippen LogP contribution is 2.36. The fraction of sp³-hybridized carbons (Fsp3) is 0.0312. The number of nitrogens with one attached hydrogen (secondary N) is 2. The Labute approximate surface area is 229 Å². The Kier molecular flexibility index (Phi) is 6.20. The predicted molar refractivity (Wildman–Crippen MR) is 157 cm³/mol. The number of ether oxygens (including phenoxy) is 1. The average molecular weight is 529 g/mol. The number of anilines is 2. The van der Waals surface area contributed by atoms with Crippen LogP contribution < -0.4 is 15.6 Å². The topological polar surface area (TPSA) is 90.8 Å². The number of rotatable bonds is 5. The summed E-state index contributed by atoms with van der Waals surface area (Å²) in [5.41, 5.74) is 5.00. The van der Waals surface area contributed by atoms with Crippen molar-refractivity contribution in [2.45, 2.75) is 0 Å². The second kappa shape index (κ2) is 9.97. The monoisotopic (exact) mass is 528 g/mol. The van der Waals surface area contributed by atoms with Crippen LogP contribution in [0.25, 0.3) is 44.1 Å². The summed E-state index contributed by atoms with van der Waals surface area (Å²) in [7, 11) is 1.62. The first kappa shape index (κ1) is 24.2. The minimum Gasteiger partial charge on any atom is -0.496 e. The molecule has 4 aromatic carbocycles. The summed E-state index contributed by atoms with van der Waals surface area (Å²) in [6, 6.07) is 30.7. The lowest BCUT2D eigenvalue weighted by Crippen LogP contribution is -2.12. The third-order valence-electron chi connectivity index (χ3n) is 6.72. The molecule has 2 heterocycles. The van der Waals surface area contributed by atoms with Gasteiger partial charge in [0.2, 0.25) is 0 Å². The molecule has 0 amide bonds. The summed E-state index contributed by atoms with van der Waals surface area (Å²) in [4.78, 5) is 20.3. The van der Waals surface area contributed by atoms with Gasteiger partial charge in [-0.15, -0.1) is 0 Å². The highest BCUT2D eigenvalue weighted by Gasteiger charge is 2.16. The molecule has 0 unspecified atom stereocenters. The number of hydrogen-bond acceptors (Lipinski definition) is 5. The van der Waals surface area contributed by atoms with Crippen LogP contribution in [0.15, 0.2) is 102 Å². The number of aromatic nitrogens is 2. The van der Waals surface area contributed by atoms with Crippen LogP contribution in [-0.2, 0) is 0 Å². The Bertz CT molecular complexity index is 1970. The van der Waals surface area contributed by atoms with E-state index in [9.17, 15) is 10.1 Å². The van der Waals surface area contributed by atoms with Crippen LogP contribution in [0.1, 0.15) is 5.56 Å². The molecule has 0 aliphatic heterocycles. The van der Waals surface area contributed by atoms with Crippen molar-refractivity contribution < 1.29 is 4.74 Å². The normalized spacial score (nSPS) is 10.9. The third kappa shape index (κ3) is 4.46. The van der Waals surface area contributed by atoms with Crippen LogP contribution in [0.3, 0.4) is 0 Å². The maximum absolute atomic E-state index is 13.0. The molecule has 188 valence electrons. The highest BCUT2D eigenvalue weighted by molar-refractivity contribution is 6.31. The minimum atomic E-state index is -0.436. The predicted octanol–water partition coefficient (Wildman–Crippen LogP) is 7.69. The van der Waals surface area contributed by atoms with Gasteiger partial charge < -0.3 is 15.0 Å². The summed E-state index contributed by atoms with van der Waals surface area (Å²) in [6.07, 6.45) is 1.74. The molecular formula is C32H21ClN4O2. The molecular weight excluding hydrogens is 508 g/mol. The number of pyridine rings is 2. The van der Waals surface area contributed by atoms with Gasteiger partial charge >= 0.3 is 0 Å². The molecule has 0 atom stereocenters. The molecule has 7 heteroatoms. The van der Waals surface area contributed by atoms with Crippen molar-refractivity contribution >= 4 is 44.7 Å². The van der Waals surface area contributed by atoms with E-state index in [1.165, 1.54) is 0 Å². The van der Waals surface area contributed by atoms with Crippen molar-refractivity contribution in [2.24, 2.45) is 0 Å². The smallest absolute Gasteiger partial charge is 0.266 e. The van der Waals surface area contributed by atoms with Gasteiger partial charge in [0.1, 0.15) is 17.4 Å². The van der Waals surface area contributed by atoms with Crippen molar-refractivity contribution in [1.82, 2.24) is 9.97 Å². The number of nitriles is 1. The lowest BCUT2D eigenvalue weighted by molar-refractivity contribution is 0.420. The summed E-state index contributed by atoms with van der Waals surface area (Å²) in [5.74, 6) is 0.728. The van der Waals surface area contributed by atoms with Gasteiger partial charge in [0.25, 0.3) is 5.56 Å². The molecule has 0 spiro atoms. The Balaban J connectivity index is 1.40. The van der Waals surface area contributed by atoms with Gasteiger partial charge in [-0.1, -0.05) is 54.1 Å². The van der Waals surface area contributed by atoms with Crippen molar-refractivity contribution in [2.75, 3.05) is 12.4 Å². The Morgan fingerprint density at radius 2 is 1.69 bits per heavy atom. The first-order chi connectivity index (χ1) is 19.1. The minimum absolute atomic E-state index is 0.0667. The molecule has 6 rings (SSSR count). The molecule has 0 bridgehead atoms. The lowest BCUT2D eigenvalue weighted by Gasteiger charge is -2.13. The SMILES string of the molecule is COc1ccc(-c2cc(-c3ccc(Nc4ccnc5cc(Cl)ccc45)cc3)[nH]c(=O)c2C#N)c2ccccc12. The number of aromatic amines is 1. The first-order valence-corrected chi connectivity index (χ1v) is 12.6. The Morgan fingerprint density at radius 1 is 0.897 bits per heavy atom. The molecule has 2 N–H and O–H groups in total. The van der Waals surface area contributed by atoms with Crippen LogP contribution in [-0.4, -0.2) is 17.1 Å². The number of hydrogen-bond donors (Lipinski definition) is 2. The van der Waals surface area contributed by atoms with Crippen molar-refractivity contribution in [3.05, 3.63) is 118 Å². The Morgan fingerprint density at radius 3 is 2.46 bits per heavy atom. The summed E-state index contributed by atoms with van der Waals surface area (Å²) in [5, 5.41) is 16.7. The lowest BCUT2D eigenvalue weighted by atomic mass is 9.94. The maximum atomic E-state index is 13.0. The van der Waals surface area contributed by atoms with Crippen molar-refractivity contribution in [3.63, 3.8) is 0 Å². The van der Waals surface area contributed by atoms with E-state index in [0.717, 1.165) is 49.9 Å². The zero-order chi connectivity index (χ0) is 26.9. The van der Waals surface area contributed by atoms with Crippen LogP contribution in [0.5, 0.6) is 5.75 Å². The van der Waals surface area contributed by atoms with E-state index in [1.807, 2.05) is 91.0 Å². The molecule has 2 aromatic heterocycles. The van der Waals surface area contributed by atoms with Crippen LogP contribution in [0.4, 0.5) is 11.4 Å². The number of halogens is 1. The second-order valence-electron chi connectivity index (χ2n) is 9.00.